The van der Waals surface area contributed by atoms with E-state index >= 15 is 0 Å². The smallest absolute Gasteiger partial charge is 0.119 e. The first-order chi connectivity index (χ1) is 9.81. The van der Waals surface area contributed by atoms with E-state index in [0.717, 1.165) is 5.75 Å². The number of methoxy groups -OCH3 is 1. The van der Waals surface area contributed by atoms with Crippen LogP contribution in [0.5, 0.6) is 5.75 Å². The van der Waals surface area contributed by atoms with E-state index in [-0.39, 0.29) is 6.04 Å². The minimum Gasteiger partial charge on any atom is -0.497 e. The molecule has 0 aliphatic heterocycles. The summed E-state index contributed by atoms with van der Waals surface area (Å²) in [7, 11) is 3.70. The van der Waals surface area contributed by atoms with Gasteiger partial charge in [0.1, 0.15) is 5.75 Å². The SMILES string of the molecule is CNC(c1ccc2cc(OC)ccc2c1)c1cccs1. The largest absolute Gasteiger partial charge is 0.497 e. The number of hydrogen-bond donors (Lipinski definition) is 1. The molecule has 2 nitrogen and oxygen atoms in total. The van der Waals surface area contributed by atoms with Gasteiger partial charge in [0.15, 0.2) is 0 Å². The maximum absolute atomic E-state index is 5.27. The summed E-state index contributed by atoms with van der Waals surface area (Å²) < 4.78 is 5.27. The second-order valence-electron chi connectivity index (χ2n) is 4.71. The first-order valence-electron chi connectivity index (χ1n) is 6.60. The van der Waals surface area contributed by atoms with Crippen molar-refractivity contribution in [3.05, 3.63) is 64.4 Å². The summed E-state index contributed by atoms with van der Waals surface area (Å²) in [4.78, 5) is 1.33. The number of rotatable bonds is 4. The van der Waals surface area contributed by atoms with Gasteiger partial charge in [0.25, 0.3) is 0 Å². The first-order valence-corrected chi connectivity index (χ1v) is 7.48. The van der Waals surface area contributed by atoms with Gasteiger partial charge in [-0.15, -0.1) is 11.3 Å². The van der Waals surface area contributed by atoms with Crippen molar-refractivity contribution in [1.82, 2.24) is 5.32 Å². The summed E-state index contributed by atoms with van der Waals surface area (Å²) in [5, 5.41) is 7.95. The number of ether oxygens (including phenoxy) is 1. The highest BCUT2D eigenvalue weighted by atomic mass is 32.1. The van der Waals surface area contributed by atoms with E-state index in [1.54, 1.807) is 18.4 Å². The zero-order valence-corrected chi connectivity index (χ0v) is 12.4. The van der Waals surface area contributed by atoms with Crippen LogP contribution in [0, 0.1) is 0 Å². The molecule has 0 saturated heterocycles. The van der Waals surface area contributed by atoms with Gasteiger partial charge in [0, 0.05) is 4.88 Å². The van der Waals surface area contributed by atoms with Crippen molar-refractivity contribution in [2.45, 2.75) is 6.04 Å². The predicted molar refractivity (Wildman–Crippen MR) is 85.7 cm³/mol. The van der Waals surface area contributed by atoms with E-state index < -0.39 is 0 Å². The predicted octanol–water partition coefficient (Wildman–Crippen LogP) is 4.22. The Bertz CT molecular complexity index is 706. The standard InChI is InChI=1S/C17H17NOS/c1-18-17(16-4-3-9-20-16)14-6-5-13-11-15(19-2)8-7-12(13)10-14/h3-11,17-18H,1-2H3. The monoisotopic (exact) mass is 283 g/mol. The van der Waals surface area contributed by atoms with Gasteiger partial charge in [-0.25, -0.2) is 0 Å². The van der Waals surface area contributed by atoms with Crippen molar-refractivity contribution >= 4 is 22.1 Å². The molecule has 0 fully saturated rings. The van der Waals surface area contributed by atoms with Gasteiger partial charge in [-0.2, -0.15) is 0 Å². The average Bonchev–Trinajstić information content (AvgIpc) is 3.01. The van der Waals surface area contributed by atoms with Crippen LogP contribution in [-0.4, -0.2) is 14.2 Å². The molecule has 3 aromatic rings. The number of thiophene rings is 1. The Labute approximate surface area is 123 Å². The van der Waals surface area contributed by atoms with Gasteiger partial charge in [-0.3, -0.25) is 0 Å². The fourth-order valence-electron chi connectivity index (χ4n) is 2.48. The minimum absolute atomic E-state index is 0.251. The van der Waals surface area contributed by atoms with E-state index in [0.29, 0.717) is 0 Å². The lowest BCUT2D eigenvalue weighted by atomic mass is 10.0. The second-order valence-corrected chi connectivity index (χ2v) is 5.69. The Morgan fingerprint density at radius 1 is 1.05 bits per heavy atom. The molecule has 1 unspecified atom stereocenters. The van der Waals surface area contributed by atoms with Crippen LogP contribution in [-0.2, 0) is 0 Å². The molecule has 1 N–H and O–H groups in total. The van der Waals surface area contributed by atoms with Gasteiger partial charge < -0.3 is 10.1 Å². The van der Waals surface area contributed by atoms with Crippen LogP contribution in [0.25, 0.3) is 10.8 Å². The summed E-state index contributed by atoms with van der Waals surface area (Å²) in [6.07, 6.45) is 0. The molecule has 0 aliphatic carbocycles. The lowest BCUT2D eigenvalue weighted by Gasteiger charge is -2.16. The highest BCUT2D eigenvalue weighted by molar-refractivity contribution is 7.10. The molecule has 0 saturated carbocycles. The normalized spacial score (nSPS) is 12.5. The van der Waals surface area contributed by atoms with Crippen molar-refractivity contribution in [1.29, 1.82) is 0 Å². The maximum Gasteiger partial charge on any atom is 0.119 e. The Balaban J connectivity index is 2.04. The molecule has 102 valence electrons. The first kappa shape index (κ1) is 13.2. The highest BCUT2D eigenvalue weighted by Crippen LogP contribution is 2.29. The Kier molecular flexibility index (Phi) is 3.72. The van der Waals surface area contributed by atoms with Crippen molar-refractivity contribution in [3.8, 4) is 5.75 Å². The molecule has 0 radical (unpaired) electrons. The summed E-state index contributed by atoms with van der Waals surface area (Å²) in [5.74, 6) is 0.897. The van der Waals surface area contributed by atoms with Crippen LogP contribution in [0.3, 0.4) is 0 Å². The molecule has 3 rings (SSSR count). The second kappa shape index (κ2) is 5.65. The quantitative estimate of drug-likeness (QED) is 0.774. The lowest BCUT2D eigenvalue weighted by Crippen LogP contribution is -2.16. The van der Waals surface area contributed by atoms with Crippen molar-refractivity contribution in [2.75, 3.05) is 14.2 Å². The van der Waals surface area contributed by atoms with Crippen LogP contribution in [0.15, 0.2) is 53.9 Å². The fraction of sp³-hybridized carbons (Fsp3) is 0.176. The topological polar surface area (TPSA) is 21.3 Å². The summed E-state index contributed by atoms with van der Waals surface area (Å²) in [6, 6.07) is 17.3. The maximum atomic E-state index is 5.27. The fourth-order valence-corrected chi connectivity index (χ4v) is 3.34. The number of benzene rings is 2. The van der Waals surface area contributed by atoms with Crippen molar-refractivity contribution in [2.24, 2.45) is 0 Å². The van der Waals surface area contributed by atoms with E-state index in [4.69, 9.17) is 4.74 Å². The summed E-state index contributed by atoms with van der Waals surface area (Å²) in [6.45, 7) is 0. The van der Waals surface area contributed by atoms with Crippen LogP contribution in [0.4, 0.5) is 0 Å². The zero-order valence-electron chi connectivity index (χ0n) is 11.6. The van der Waals surface area contributed by atoms with Crippen LogP contribution < -0.4 is 10.1 Å². The number of hydrogen-bond acceptors (Lipinski definition) is 3. The molecule has 0 spiro atoms. The molecular formula is C17H17NOS. The van der Waals surface area contributed by atoms with Crippen LogP contribution >= 0.6 is 11.3 Å². The van der Waals surface area contributed by atoms with Crippen molar-refractivity contribution < 1.29 is 4.74 Å². The molecule has 0 aliphatic rings. The molecule has 20 heavy (non-hydrogen) atoms. The third kappa shape index (κ3) is 2.42. The zero-order chi connectivity index (χ0) is 13.9. The van der Waals surface area contributed by atoms with E-state index in [1.165, 1.54) is 21.2 Å². The van der Waals surface area contributed by atoms with E-state index in [9.17, 15) is 0 Å². The van der Waals surface area contributed by atoms with Gasteiger partial charge in [0.2, 0.25) is 0 Å². The van der Waals surface area contributed by atoms with Crippen LogP contribution in [0.2, 0.25) is 0 Å². The Hall–Kier alpha value is -1.84. The molecule has 0 amide bonds. The van der Waals surface area contributed by atoms with Gasteiger partial charge in [-0.1, -0.05) is 24.3 Å². The third-order valence-corrected chi connectivity index (χ3v) is 4.46. The summed E-state index contributed by atoms with van der Waals surface area (Å²) in [5.41, 5.74) is 1.28. The minimum atomic E-state index is 0.251. The number of nitrogens with one attached hydrogen (secondary N) is 1. The average molecular weight is 283 g/mol. The molecule has 2 aromatic carbocycles. The van der Waals surface area contributed by atoms with Crippen molar-refractivity contribution in [3.63, 3.8) is 0 Å². The molecule has 0 bridgehead atoms. The Morgan fingerprint density at radius 2 is 1.85 bits per heavy atom. The molecule has 1 atom stereocenters. The van der Waals surface area contributed by atoms with Gasteiger partial charge in [-0.05, 0) is 53.0 Å². The third-order valence-electron chi connectivity index (χ3n) is 3.52. The van der Waals surface area contributed by atoms with Gasteiger partial charge >= 0.3 is 0 Å². The molecule has 1 aromatic heterocycles. The number of fused-ring (bicyclic) bond motifs is 1. The van der Waals surface area contributed by atoms with Gasteiger partial charge in [0.05, 0.1) is 13.2 Å². The molecule has 3 heteroatoms. The molecule has 1 heterocycles. The lowest BCUT2D eigenvalue weighted by molar-refractivity contribution is 0.415. The summed E-state index contributed by atoms with van der Waals surface area (Å²) >= 11 is 1.78. The highest BCUT2D eigenvalue weighted by Gasteiger charge is 2.13. The molecular weight excluding hydrogens is 266 g/mol. The van der Waals surface area contributed by atoms with E-state index in [1.807, 2.05) is 13.1 Å². The van der Waals surface area contributed by atoms with E-state index in [2.05, 4.69) is 53.2 Å². The Morgan fingerprint density at radius 3 is 2.55 bits per heavy atom. The van der Waals surface area contributed by atoms with Crippen LogP contribution in [0.1, 0.15) is 16.5 Å².